The first-order chi connectivity index (χ1) is 9.20. The van der Waals surface area contributed by atoms with E-state index in [9.17, 15) is 0 Å². The number of hydrogen-bond acceptors (Lipinski definition) is 3. The zero-order valence-electron chi connectivity index (χ0n) is 10.7. The van der Waals surface area contributed by atoms with Crippen LogP contribution < -0.4 is 5.32 Å². The van der Waals surface area contributed by atoms with Crippen molar-refractivity contribution in [1.82, 2.24) is 5.32 Å². The van der Waals surface area contributed by atoms with Crippen molar-refractivity contribution in [3.63, 3.8) is 0 Å². The minimum absolute atomic E-state index is 0.0106. The van der Waals surface area contributed by atoms with Crippen LogP contribution in [-0.4, -0.2) is 31.5 Å². The van der Waals surface area contributed by atoms with Gasteiger partial charge in [0.1, 0.15) is 0 Å². The molecule has 1 aromatic rings. The van der Waals surface area contributed by atoms with Gasteiger partial charge in [-0.05, 0) is 18.6 Å². The van der Waals surface area contributed by atoms with Crippen molar-refractivity contribution in [3.8, 4) is 0 Å². The minimum atomic E-state index is 0.0106. The van der Waals surface area contributed by atoms with Crippen LogP contribution in [0, 0.1) is 0 Å². The molecule has 106 valence electrons. The predicted octanol–water partition coefficient (Wildman–Crippen LogP) is 3.21. The third-order valence-electron chi connectivity index (χ3n) is 2.62. The van der Waals surface area contributed by atoms with Crippen molar-refractivity contribution in [2.45, 2.75) is 12.5 Å². The second-order valence-corrected chi connectivity index (χ2v) is 4.82. The molecule has 1 atom stereocenters. The average Bonchev–Trinajstić information content (AvgIpc) is 2.38. The Labute approximate surface area is 124 Å². The van der Waals surface area contributed by atoms with Gasteiger partial charge < -0.3 is 15.2 Å². The molecule has 0 aromatic heterocycles. The molecule has 19 heavy (non-hydrogen) atoms. The second kappa shape index (κ2) is 9.34. The quantitative estimate of drug-likeness (QED) is 0.544. The summed E-state index contributed by atoms with van der Waals surface area (Å²) in [7, 11) is 0. The molecule has 0 spiro atoms. The highest BCUT2D eigenvalue weighted by Crippen LogP contribution is 2.32. The summed E-state index contributed by atoms with van der Waals surface area (Å²) in [5.74, 6) is 0. The van der Waals surface area contributed by atoms with E-state index in [4.69, 9.17) is 33.0 Å². The first-order valence-electron chi connectivity index (χ1n) is 6.17. The van der Waals surface area contributed by atoms with E-state index in [0.29, 0.717) is 29.8 Å². The van der Waals surface area contributed by atoms with Crippen LogP contribution in [0.15, 0.2) is 30.9 Å². The van der Waals surface area contributed by atoms with Gasteiger partial charge in [0.25, 0.3) is 0 Å². The summed E-state index contributed by atoms with van der Waals surface area (Å²) in [6.07, 6.45) is 2.55. The maximum Gasteiger partial charge on any atom is 0.0698 e. The summed E-state index contributed by atoms with van der Waals surface area (Å²) in [5, 5.41) is 13.2. The van der Waals surface area contributed by atoms with Crippen molar-refractivity contribution in [3.05, 3.63) is 46.5 Å². The summed E-state index contributed by atoms with van der Waals surface area (Å²) < 4.78 is 5.20. The molecule has 2 N–H and O–H groups in total. The van der Waals surface area contributed by atoms with Crippen LogP contribution in [-0.2, 0) is 4.74 Å². The Morgan fingerprint density at radius 1 is 1.32 bits per heavy atom. The zero-order valence-corrected chi connectivity index (χ0v) is 12.3. The molecule has 5 heteroatoms. The van der Waals surface area contributed by atoms with E-state index in [1.54, 1.807) is 0 Å². The van der Waals surface area contributed by atoms with Crippen molar-refractivity contribution in [1.29, 1.82) is 0 Å². The highest BCUT2D eigenvalue weighted by Gasteiger charge is 2.16. The van der Waals surface area contributed by atoms with Gasteiger partial charge in [-0.1, -0.05) is 35.3 Å². The van der Waals surface area contributed by atoms with Gasteiger partial charge in [-0.2, -0.15) is 0 Å². The Balaban J connectivity index is 2.63. The highest BCUT2D eigenvalue weighted by atomic mass is 35.5. The van der Waals surface area contributed by atoms with Crippen molar-refractivity contribution in [2.24, 2.45) is 0 Å². The Bertz CT molecular complexity index is 379. The minimum Gasteiger partial charge on any atom is -0.394 e. The number of aliphatic hydroxyl groups is 1. The van der Waals surface area contributed by atoms with Crippen LogP contribution >= 0.6 is 23.2 Å². The highest BCUT2D eigenvalue weighted by molar-refractivity contribution is 6.36. The Hall–Kier alpha value is -0.580. The molecule has 0 saturated heterocycles. The van der Waals surface area contributed by atoms with Crippen molar-refractivity contribution >= 4 is 23.2 Å². The van der Waals surface area contributed by atoms with E-state index in [1.165, 1.54) is 0 Å². The lowest BCUT2D eigenvalue weighted by Crippen LogP contribution is -2.26. The maximum absolute atomic E-state index is 8.62. The monoisotopic (exact) mass is 303 g/mol. The molecule has 0 fully saturated rings. The predicted molar refractivity (Wildman–Crippen MR) is 79.9 cm³/mol. The molecule has 1 rings (SSSR count). The van der Waals surface area contributed by atoms with Crippen LogP contribution in [0.4, 0.5) is 0 Å². The van der Waals surface area contributed by atoms with E-state index < -0.39 is 0 Å². The van der Waals surface area contributed by atoms with Gasteiger partial charge >= 0.3 is 0 Å². The topological polar surface area (TPSA) is 41.5 Å². The summed E-state index contributed by atoms with van der Waals surface area (Å²) in [4.78, 5) is 0. The lowest BCUT2D eigenvalue weighted by Gasteiger charge is -2.20. The third kappa shape index (κ3) is 5.51. The molecule has 0 saturated carbocycles. The first kappa shape index (κ1) is 16.5. The molecule has 0 amide bonds. The van der Waals surface area contributed by atoms with E-state index in [2.05, 4.69) is 11.9 Å². The first-order valence-corrected chi connectivity index (χ1v) is 6.93. The second-order valence-electron chi connectivity index (χ2n) is 4.00. The maximum atomic E-state index is 8.62. The van der Waals surface area contributed by atoms with E-state index in [1.807, 2.05) is 24.3 Å². The molecule has 0 bridgehead atoms. The number of ether oxygens (including phenoxy) is 1. The summed E-state index contributed by atoms with van der Waals surface area (Å²) in [6, 6.07) is 5.48. The molecule has 0 heterocycles. The van der Waals surface area contributed by atoms with Crippen LogP contribution in [0.5, 0.6) is 0 Å². The number of aliphatic hydroxyl groups excluding tert-OH is 1. The summed E-state index contributed by atoms with van der Waals surface area (Å²) in [5.41, 5.74) is 0.882. The number of rotatable bonds is 9. The molecule has 0 aliphatic carbocycles. The largest absolute Gasteiger partial charge is 0.394 e. The van der Waals surface area contributed by atoms with Gasteiger partial charge in [0.15, 0.2) is 0 Å². The fraction of sp³-hybridized carbons (Fsp3) is 0.429. The van der Waals surface area contributed by atoms with Gasteiger partial charge in [-0.3, -0.25) is 0 Å². The Morgan fingerprint density at radius 2 is 2.00 bits per heavy atom. The molecular weight excluding hydrogens is 285 g/mol. The molecule has 0 aliphatic heterocycles. The molecule has 0 aliphatic rings. The van der Waals surface area contributed by atoms with Crippen LogP contribution in [0.2, 0.25) is 10.0 Å². The zero-order chi connectivity index (χ0) is 14.1. The van der Waals surface area contributed by atoms with Gasteiger partial charge in [-0.15, -0.1) is 6.58 Å². The lowest BCUT2D eigenvalue weighted by molar-refractivity contribution is 0.0926. The van der Waals surface area contributed by atoms with Crippen molar-refractivity contribution in [2.75, 3.05) is 26.4 Å². The van der Waals surface area contributed by atoms with Gasteiger partial charge in [0.05, 0.1) is 19.8 Å². The van der Waals surface area contributed by atoms with Gasteiger partial charge in [0, 0.05) is 28.2 Å². The average molecular weight is 304 g/mol. The van der Waals surface area contributed by atoms with Crippen LogP contribution in [0.3, 0.4) is 0 Å². The van der Waals surface area contributed by atoms with Crippen LogP contribution in [0.1, 0.15) is 18.0 Å². The Morgan fingerprint density at radius 3 is 2.58 bits per heavy atom. The fourth-order valence-electron chi connectivity index (χ4n) is 1.79. The van der Waals surface area contributed by atoms with Gasteiger partial charge in [0.2, 0.25) is 0 Å². The molecule has 3 nitrogen and oxygen atoms in total. The van der Waals surface area contributed by atoms with E-state index >= 15 is 0 Å². The lowest BCUT2D eigenvalue weighted by atomic mass is 10.0. The summed E-state index contributed by atoms with van der Waals surface area (Å²) in [6.45, 7) is 5.31. The van der Waals surface area contributed by atoms with E-state index in [0.717, 1.165) is 12.0 Å². The smallest absolute Gasteiger partial charge is 0.0698 e. The standard InChI is InChI=1S/C14H19Cl2NO2/c1-2-4-13(17-7-9-19-10-8-18)14-11(15)5-3-6-12(14)16/h2-3,5-6,13,17-18H,1,4,7-10H2. The Kier molecular flexibility index (Phi) is 8.10. The number of nitrogens with one attached hydrogen (secondary N) is 1. The van der Waals surface area contributed by atoms with Crippen molar-refractivity contribution < 1.29 is 9.84 Å². The molecule has 0 radical (unpaired) electrons. The van der Waals surface area contributed by atoms with Crippen LogP contribution in [0.25, 0.3) is 0 Å². The number of halogens is 2. The molecule has 1 unspecified atom stereocenters. The van der Waals surface area contributed by atoms with Gasteiger partial charge in [-0.25, -0.2) is 0 Å². The molecule has 1 aromatic carbocycles. The van der Waals surface area contributed by atoms with E-state index in [-0.39, 0.29) is 12.6 Å². The molecular formula is C14H19Cl2NO2. The number of hydrogen-bond donors (Lipinski definition) is 2. The fourth-order valence-corrected chi connectivity index (χ4v) is 2.45. The normalized spacial score (nSPS) is 12.4. The SMILES string of the molecule is C=CCC(NCCOCCO)c1c(Cl)cccc1Cl. The number of benzene rings is 1. The third-order valence-corrected chi connectivity index (χ3v) is 3.28. The summed E-state index contributed by atoms with van der Waals surface area (Å²) >= 11 is 12.4.